The number of ether oxygens (including phenoxy) is 2. The number of rotatable bonds is 5. The molecular formula is C24H19ClN2O4. The van der Waals surface area contributed by atoms with Crippen molar-refractivity contribution in [2.45, 2.75) is 0 Å². The zero-order chi connectivity index (χ0) is 22.0. The molecule has 1 heterocycles. The van der Waals surface area contributed by atoms with Gasteiger partial charge in [-0.2, -0.15) is 0 Å². The number of carbonyl (C=O) groups excluding carboxylic acids is 1. The van der Waals surface area contributed by atoms with Gasteiger partial charge in [0.15, 0.2) is 0 Å². The van der Waals surface area contributed by atoms with E-state index in [2.05, 4.69) is 5.32 Å². The van der Waals surface area contributed by atoms with Gasteiger partial charge in [-0.05, 0) is 48.5 Å². The maximum absolute atomic E-state index is 13.2. The van der Waals surface area contributed by atoms with Crippen LogP contribution in [-0.2, 0) is 0 Å². The molecule has 0 saturated heterocycles. The number of pyridine rings is 1. The van der Waals surface area contributed by atoms with Crippen molar-refractivity contribution in [3.63, 3.8) is 0 Å². The highest BCUT2D eigenvalue weighted by atomic mass is 35.5. The van der Waals surface area contributed by atoms with Gasteiger partial charge in [-0.15, -0.1) is 0 Å². The second-order valence-electron chi connectivity index (χ2n) is 6.76. The number of anilines is 1. The fourth-order valence-corrected chi connectivity index (χ4v) is 3.61. The minimum atomic E-state index is -0.361. The molecule has 1 amide bonds. The maximum Gasteiger partial charge on any atom is 0.262 e. The highest BCUT2D eigenvalue weighted by Gasteiger charge is 2.16. The number of methoxy groups -OCH3 is 2. The van der Waals surface area contributed by atoms with E-state index in [0.29, 0.717) is 44.2 Å². The number of hydrogen-bond donors (Lipinski definition) is 1. The molecule has 4 aromatic rings. The molecule has 0 fully saturated rings. The topological polar surface area (TPSA) is 69.6 Å². The summed E-state index contributed by atoms with van der Waals surface area (Å²) in [5, 5.41) is 4.23. The van der Waals surface area contributed by atoms with Gasteiger partial charge >= 0.3 is 0 Å². The average molecular weight is 435 g/mol. The third-order valence-electron chi connectivity index (χ3n) is 4.93. The van der Waals surface area contributed by atoms with Crippen LogP contribution in [0, 0.1) is 0 Å². The SMILES string of the molecule is COc1ccc(-n2cc(C(=O)Nc3ccc(OC)c(Cl)c3)c3ccccc3c2=O)cc1. The smallest absolute Gasteiger partial charge is 0.262 e. The Labute approximate surface area is 183 Å². The fraction of sp³-hybridized carbons (Fsp3) is 0.0833. The van der Waals surface area contributed by atoms with E-state index >= 15 is 0 Å². The lowest BCUT2D eigenvalue weighted by Gasteiger charge is -2.13. The van der Waals surface area contributed by atoms with Crippen molar-refractivity contribution >= 4 is 34.0 Å². The molecule has 31 heavy (non-hydrogen) atoms. The fourth-order valence-electron chi connectivity index (χ4n) is 3.35. The van der Waals surface area contributed by atoms with Crippen LogP contribution in [-0.4, -0.2) is 24.7 Å². The van der Waals surface area contributed by atoms with Gasteiger partial charge in [0.05, 0.1) is 24.8 Å². The lowest BCUT2D eigenvalue weighted by Crippen LogP contribution is -2.22. The molecule has 1 aromatic heterocycles. The minimum Gasteiger partial charge on any atom is -0.497 e. The van der Waals surface area contributed by atoms with Crippen molar-refractivity contribution in [3.8, 4) is 17.2 Å². The highest BCUT2D eigenvalue weighted by molar-refractivity contribution is 6.32. The standard InChI is InChI=1S/C24H19ClN2O4/c1-30-17-10-8-16(9-11-17)27-14-20(18-5-3-4-6-19(18)24(27)29)23(28)26-15-7-12-22(31-2)21(25)13-15/h3-14H,1-2H3,(H,26,28). The molecule has 156 valence electrons. The Morgan fingerprint density at radius 3 is 2.29 bits per heavy atom. The first-order valence-electron chi connectivity index (χ1n) is 9.45. The largest absolute Gasteiger partial charge is 0.497 e. The summed E-state index contributed by atoms with van der Waals surface area (Å²) in [4.78, 5) is 26.3. The molecule has 0 bridgehead atoms. The number of nitrogens with zero attached hydrogens (tertiary/aromatic N) is 1. The number of amides is 1. The third-order valence-corrected chi connectivity index (χ3v) is 5.22. The van der Waals surface area contributed by atoms with Crippen molar-refractivity contribution in [3.05, 3.63) is 93.9 Å². The van der Waals surface area contributed by atoms with Gasteiger partial charge in [-0.3, -0.25) is 14.2 Å². The van der Waals surface area contributed by atoms with E-state index in [1.54, 1.807) is 80.0 Å². The molecule has 4 rings (SSSR count). The van der Waals surface area contributed by atoms with Crippen molar-refractivity contribution in [1.82, 2.24) is 4.57 Å². The molecule has 0 unspecified atom stereocenters. The summed E-state index contributed by atoms with van der Waals surface area (Å²) in [5.41, 5.74) is 1.28. The average Bonchev–Trinajstić information content (AvgIpc) is 2.80. The summed E-state index contributed by atoms with van der Waals surface area (Å²) in [6, 6.07) is 19.1. The number of hydrogen-bond acceptors (Lipinski definition) is 4. The predicted molar refractivity (Wildman–Crippen MR) is 122 cm³/mol. The summed E-state index contributed by atoms with van der Waals surface area (Å²) in [7, 11) is 3.10. The van der Waals surface area contributed by atoms with Crippen LogP contribution in [0.1, 0.15) is 10.4 Å². The molecule has 1 N–H and O–H groups in total. The Bertz CT molecular complexity index is 1330. The lowest BCUT2D eigenvalue weighted by atomic mass is 10.1. The Kier molecular flexibility index (Phi) is 5.64. The van der Waals surface area contributed by atoms with Crippen LogP contribution in [0.5, 0.6) is 11.5 Å². The predicted octanol–water partition coefficient (Wildman–Crippen LogP) is 4.91. The zero-order valence-corrected chi connectivity index (χ0v) is 17.6. The van der Waals surface area contributed by atoms with Crippen LogP contribution < -0.4 is 20.3 Å². The van der Waals surface area contributed by atoms with Crippen molar-refractivity contribution in [2.24, 2.45) is 0 Å². The number of carbonyl (C=O) groups is 1. The van der Waals surface area contributed by atoms with Gasteiger partial charge in [-0.25, -0.2) is 0 Å². The first-order chi connectivity index (χ1) is 15.0. The summed E-state index contributed by atoms with van der Waals surface area (Å²) in [6.07, 6.45) is 1.55. The van der Waals surface area contributed by atoms with Crippen LogP contribution in [0.2, 0.25) is 5.02 Å². The summed E-state index contributed by atoms with van der Waals surface area (Å²) >= 11 is 6.17. The Hall–Kier alpha value is -3.77. The molecule has 3 aromatic carbocycles. The van der Waals surface area contributed by atoms with Gasteiger partial charge in [0.1, 0.15) is 11.5 Å². The van der Waals surface area contributed by atoms with E-state index in [-0.39, 0.29) is 11.5 Å². The van der Waals surface area contributed by atoms with Crippen LogP contribution in [0.15, 0.2) is 77.7 Å². The number of aromatic nitrogens is 1. The van der Waals surface area contributed by atoms with Crippen molar-refractivity contribution < 1.29 is 14.3 Å². The first-order valence-corrected chi connectivity index (χ1v) is 9.83. The Morgan fingerprint density at radius 2 is 1.65 bits per heavy atom. The number of nitrogens with one attached hydrogen (secondary N) is 1. The lowest BCUT2D eigenvalue weighted by molar-refractivity contribution is 0.102. The van der Waals surface area contributed by atoms with Gasteiger partial charge in [0.25, 0.3) is 11.5 Å². The normalized spacial score (nSPS) is 10.7. The summed E-state index contributed by atoms with van der Waals surface area (Å²) in [6.45, 7) is 0. The monoisotopic (exact) mass is 434 g/mol. The molecule has 0 atom stereocenters. The van der Waals surface area contributed by atoms with Gasteiger partial charge in [0.2, 0.25) is 0 Å². The van der Waals surface area contributed by atoms with Crippen LogP contribution in [0.3, 0.4) is 0 Å². The molecular weight excluding hydrogens is 416 g/mol. The van der Waals surface area contributed by atoms with Gasteiger partial charge < -0.3 is 14.8 Å². The Morgan fingerprint density at radius 1 is 0.935 bits per heavy atom. The first kappa shape index (κ1) is 20.5. The van der Waals surface area contributed by atoms with Gasteiger partial charge in [-0.1, -0.05) is 29.8 Å². The molecule has 0 radical (unpaired) electrons. The van der Waals surface area contributed by atoms with Gasteiger partial charge in [0, 0.05) is 28.3 Å². The number of fused-ring (bicyclic) bond motifs is 1. The van der Waals surface area contributed by atoms with Crippen LogP contribution >= 0.6 is 11.6 Å². The number of benzene rings is 3. The highest BCUT2D eigenvalue weighted by Crippen LogP contribution is 2.28. The Balaban J connectivity index is 1.81. The summed E-state index contributed by atoms with van der Waals surface area (Å²) < 4.78 is 11.8. The van der Waals surface area contributed by atoms with E-state index in [1.165, 1.54) is 11.7 Å². The molecule has 0 saturated carbocycles. The molecule has 0 spiro atoms. The van der Waals surface area contributed by atoms with Crippen molar-refractivity contribution in [1.29, 1.82) is 0 Å². The quantitative estimate of drug-likeness (QED) is 0.484. The molecule has 0 aliphatic carbocycles. The van der Waals surface area contributed by atoms with Crippen LogP contribution in [0.25, 0.3) is 16.5 Å². The second-order valence-corrected chi connectivity index (χ2v) is 7.17. The molecule has 6 nitrogen and oxygen atoms in total. The van der Waals surface area contributed by atoms with E-state index in [1.807, 2.05) is 0 Å². The maximum atomic E-state index is 13.2. The molecule has 7 heteroatoms. The molecule has 0 aliphatic rings. The number of halogens is 1. The molecule has 0 aliphatic heterocycles. The van der Waals surface area contributed by atoms with E-state index in [0.717, 1.165) is 0 Å². The van der Waals surface area contributed by atoms with E-state index in [4.69, 9.17) is 21.1 Å². The van der Waals surface area contributed by atoms with Crippen molar-refractivity contribution in [2.75, 3.05) is 19.5 Å². The minimum absolute atomic E-state index is 0.218. The third kappa shape index (κ3) is 3.98. The second kappa shape index (κ2) is 8.53. The summed E-state index contributed by atoms with van der Waals surface area (Å²) in [5.74, 6) is 0.824. The van der Waals surface area contributed by atoms with E-state index < -0.39 is 0 Å². The zero-order valence-electron chi connectivity index (χ0n) is 16.9. The van der Waals surface area contributed by atoms with E-state index in [9.17, 15) is 9.59 Å². The van der Waals surface area contributed by atoms with Crippen LogP contribution in [0.4, 0.5) is 5.69 Å².